The molecule has 16 heavy (non-hydrogen) atoms. The topological polar surface area (TPSA) is 29.9 Å². The fraction of sp³-hybridized carbons (Fsp3) is 0.700. The summed E-state index contributed by atoms with van der Waals surface area (Å²) in [6, 6.07) is 1.15. The van der Waals surface area contributed by atoms with Crippen molar-refractivity contribution in [1.82, 2.24) is 15.1 Å². The molecule has 1 fully saturated rings. The molecule has 0 saturated carbocycles. The van der Waals surface area contributed by atoms with Crippen LogP contribution >= 0.6 is 0 Å². The third kappa shape index (κ3) is 2.21. The number of aromatic nitrogens is 2. The molecule has 6 heteroatoms. The first-order valence-electron chi connectivity index (χ1n) is 5.32. The molecule has 1 aliphatic rings. The molecule has 0 aromatic carbocycles. The van der Waals surface area contributed by atoms with Crippen LogP contribution in [0.15, 0.2) is 6.07 Å². The zero-order valence-electron chi connectivity index (χ0n) is 9.01. The lowest BCUT2D eigenvalue weighted by atomic mass is 10.1. The number of rotatable bonds is 1. The summed E-state index contributed by atoms with van der Waals surface area (Å²) in [5, 5.41) is 6.82. The number of piperidine rings is 1. The molecule has 0 radical (unpaired) electrons. The van der Waals surface area contributed by atoms with Gasteiger partial charge in [0.05, 0.1) is 6.04 Å². The van der Waals surface area contributed by atoms with Crippen LogP contribution in [0.2, 0.25) is 0 Å². The van der Waals surface area contributed by atoms with Crippen LogP contribution in [-0.4, -0.2) is 22.9 Å². The van der Waals surface area contributed by atoms with Crippen molar-refractivity contribution in [2.45, 2.75) is 32.0 Å². The van der Waals surface area contributed by atoms with E-state index in [1.54, 1.807) is 6.92 Å². The largest absolute Gasteiger partial charge is 0.435 e. The van der Waals surface area contributed by atoms with Gasteiger partial charge in [-0.2, -0.15) is 18.3 Å². The van der Waals surface area contributed by atoms with Gasteiger partial charge in [0.2, 0.25) is 0 Å². The third-order valence-corrected chi connectivity index (χ3v) is 2.83. The quantitative estimate of drug-likeness (QED) is 0.805. The molecule has 1 N–H and O–H groups in total. The summed E-state index contributed by atoms with van der Waals surface area (Å²) in [5.74, 6) is 0. The number of halogens is 3. The van der Waals surface area contributed by atoms with Gasteiger partial charge in [0.25, 0.3) is 0 Å². The smallest absolute Gasteiger partial charge is 0.315 e. The average molecular weight is 233 g/mol. The van der Waals surface area contributed by atoms with E-state index >= 15 is 0 Å². The van der Waals surface area contributed by atoms with E-state index in [9.17, 15) is 13.2 Å². The summed E-state index contributed by atoms with van der Waals surface area (Å²) in [6.45, 7) is 3.29. The Kier molecular flexibility index (Phi) is 2.92. The third-order valence-electron chi connectivity index (χ3n) is 2.83. The van der Waals surface area contributed by atoms with Crippen molar-refractivity contribution in [2.24, 2.45) is 0 Å². The molecule has 1 aliphatic heterocycles. The predicted molar refractivity (Wildman–Crippen MR) is 53.1 cm³/mol. The molecule has 1 atom stereocenters. The number of hydrogen-bond donors (Lipinski definition) is 1. The van der Waals surface area contributed by atoms with Gasteiger partial charge < -0.3 is 5.32 Å². The highest BCUT2D eigenvalue weighted by molar-refractivity contribution is 5.12. The van der Waals surface area contributed by atoms with Crippen molar-refractivity contribution in [3.05, 3.63) is 17.5 Å². The van der Waals surface area contributed by atoms with E-state index in [0.717, 1.165) is 25.5 Å². The summed E-state index contributed by atoms with van der Waals surface area (Å²) < 4.78 is 38.9. The van der Waals surface area contributed by atoms with E-state index < -0.39 is 11.9 Å². The molecule has 1 aromatic rings. The first-order valence-corrected chi connectivity index (χ1v) is 5.32. The molecule has 1 aromatic heterocycles. The summed E-state index contributed by atoms with van der Waals surface area (Å²) in [6.07, 6.45) is -2.49. The molecule has 90 valence electrons. The fourth-order valence-corrected chi connectivity index (χ4v) is 2.04. The van der Waals surface area contributed by atoms with Crippen LogP contribution in [0, 0.1) is 6.92 Å². The Hall–Kier alpha value is -1.04. The first kappa shape index (κ1) is 11.4. The van der Waals surface area contributed by atoms with Crippen molar-refractivity contribution in [2.75, 3.05) is 13.1 Å². The van der Waals surface area contributed by atoms with Crippen LogP contribution in [0.25, 0.3) is 0 Å². The normalized spacial score (nSPS) is 22.4. The molecule has 0 spiro atoms. The molecule has 0 bridgehead atoms. The lowest BCUT2D eigenvalue weighted by Gasteiger charge is -2.24. The van der Waals surface area contributed by atoms with Crippen LogP contribution in [0.3, 0.4) is 0 Å². The Morgan fingerprint density at radius 2 is 2.25 bits per heavy atom. The van der Waals surface area contributed by atoms with Crippen LogP contribution in [0.1, 0.15) is 30.3 Å². The highest BCUT2D eigenvalue weighted by Crippen LogP contribution is 2.30. The summed E-state index contributed by atoms with van der Waals surface area (Å²) in [4.78, 5) is 0. The van der Waals surface area contributed by atoms with Gasteiger partial charge in [-0.1, -0.05) is 0 Å². The number of alkyl halides is 3. The van der Waals surface area contributed by atoms with Crippen LogP contribution in [0.5, 0.6) is 0 Å². The Bertz CT molecular complexity index is 364. The molecule has 3 nitrogen and oxygen atoms in total. The van der Waals surface area contributed by atoms with E-state index in [1.807, 2.05) is 0 Å². The minimum absolute atomic E-state index is 0.0462. The zero-order chi connectivity index (χ0) is 11.8. The molecule has 0 aliphatic carbocycles. The van der Waals surface area contributed by atoms with Gasteiger partial charge in [-0.3, -0.25) is 4.68 Å². The minimum atomic E-state index is -4.35. The zero-order valence-corrected chi connectivity index (χ0v) is 9.01. The summed E-state index contributed by atoms with van der Waals surface area (Å²) >= 11 is 0. The van der Waals surface area contributed by atoms with Gasteiger partial charge >= 0.3 is 6.18 Å². The van der Waals surface area contributed by atoms with Gasteiger partial charge in [-0.25, -0.2) is 0 Å². The van der Waals surface area contributed by atoms with E-state index in [0.29, 0.717) is 12.2 Å². The summed E-state index contributed by atoms with van der Waals surface area (Å²) in [5.41, 5.74) is -0.225. The Labute approximate surface area is 91.6 Å². The number of hydrogen-bond acceptors (Lipinski definition) is 2. The van der Waals surface area contributed by atoms with E-state index in [4.69, 9.17) is 0 Å². The number of nitrogens with zero attached hydrogens (tertiary/aromatic N) is 2. The second-order valence-corrected chi connectivity index (χ2v) is 4.11. The van der Waals surface area contributed by atoms with Crippen molar-refractivity contribution in [1.29, 1.82) is 0 Å². The Morgan fingerprint density at radius 1 is 1.50 bits per heavy atom. The molecular weight excluding hydrogens is 219 g/mol. The van der Waals surface area contributed by atoms with Crippen molar-refractivity contribution in [3.8, 4) is 0 Å². The monoisotopic (exact) mass is 233 g/mol. The van der Waals surface area contributed by atoms with Crippen LogP contribution < -0.4 is 5.32 Å². The van der Waals surface area contributed by atoms with E-state index in [-0.39, 0.29) is 6.04 Å². The minimum Gasteiger partial charge on any atom is -0.315 e. The molecule has 1 saturated heterocycles. The Balaban J connectivity index is 2.24. The molecular formula is C10H14F3N3. The standard InChI is InChI=1S/C10H14F3N3/c1-7-5-9(10(11,12)13)15-16(7)8-3-2-4-14-6-8/h5,8,14H,2-4,6H2,1H3. The number of aryl methyl sites for hydroxylation is 1. The highest BCUT2D eigenvalue weighted by Gasteiger charge is 2.35. The van der Waals surface area contributed by atoms with Crippen molar-refractivity contribution in [3.63, 3.8) is 0 Å². The van der Waals surface area contributed by atoms with Crippen molar-refractivity contribution >= 4 is 0 Å². The van der Waals surface area contributed by atoms with Gasteiger partial charge in [0.1, 0.15) is 0 Å². The highest BCUT2D eigenvalue weighted by atomic mass is 19.4. The second kappa shape index (κ2) is 4.08. The van der Waals surface area contributed by atoms with Gasteiger partial charge in [0, 0.05) is 12.2 Å². The van der Waals surface area contributed by atoms with Gasteiger partial charge in [-0.05, 0) is 32.4 Å². The maximum absolute atomic E-state index is 12.5. The van der Waals surface area contributed by atoms with Gasteiger partial charge in [-0.15, -0.1) is 0 Å². The summed E-state index contributed by atoms with van der Waals surface area (Å²) in [7, 11) is 0. The lowest BCUT2D eigenvalue weighted by Crippen LogP contribution is -2.32. The molecule has 0 amide bonds. The van der Waals surface area contributed by atoms with Crippen molar-refractivity contribution < 1.29 is 13.2 Å². The first-order chi connectivity index (χ1) is 7.48. The van der Waals surface area contributed by atoms with E-state index in [2.05, 4.69) is 10.4 Å². The molecule has 2 rings (SSSR count). The second-order valence-electron chi connectivity index (χ2n) is 4.11. The van der Waals surface area contributed by atoms with E-state index in [1.165, 1.54) is 4.68 Å². The van der Waals surface area contributed by atoms with Crippen LogP contribution in [-0.2, 0) is 6.18 Å². The predicted octanol–water partition coefficient (Wildman–Crippen LogP) is 2.13. The number of nitrogens with one attached hydrogen (secondary N) is 1. The Morgan fingerprint density at radius 3 is 2.75 bits per heavy atom. The SMILES string of the molecule is Cc1cc(C(F)(F)F)nn1C1CCCNC1. The van der Waals surface area contributed by atoms with Crippen LogP contribution in [0.4, 0.5) is 13.2 Å². The molecule has 1 unspecified atom stereocenters. The fourth-order valence-electron chi connectivity index (χ4n) is 2.04. The maximum Gasteiger partial charge on any atom is 0.435 e. The van der Waals surface area contributed by atoms with Gasteiger partial charge in [0.15, 0.2) is 5.69 Å². The molecule has 2 heterocycles. The maximum atomic E-state index is 12.5. The lowest BCUT2D eigenvalue weighted by molar-refractivity contribution is -0.141. The average Bonchev–Trinajstić information content (AvgIpc) is 2.61.